The number of carboxylic acid groups (broad SMARTS) is 2. The van der Waals surface area contributed by atoms with E-state index in [1.807, 2.05) is 19.9 Å². The van der Waals surface area contributed by atoms with Crippen LogP contribution in [0.2, 0.25) is 0 Å². The molecule has 5 rings (SSSR count). The van der Waals surface area contributed by atoms with Crippen LogP contribution in [0.4, 0.5) is 0 Å². The van der Waals surface area contributed by atoms with Crippen LogP contribution >= 0.6 is 0 Å². The van der Waals surface area contributed by atoms with Crippen molar-refractivity contribution >= 4 is 68.1 Å². The van der Waals surface area contributed by atoms with Crippen LogP contribution in [0, 0.1) is 6.92 Å². The third-order valence-electron chi connectivity index (χ3n) is 12.6. The number of amides is 2. The summed E-state index contributed by atoms with van der Waals surface area (Å²) in [5.74, 6) is -1.89. The maximum absolute atomic E-state index is 12.4. The molecule has 6 bridgehead atoms. The van der Waals surface area contributed by atoms with Crippen molar-refractivity contribution in [3.05, 3.63) is 70.6 Å². The Morgan fingerprint density at radius 2 is 0.987 bits per heavy atom. The smallest absolute Gasteiger partial charge is 0.303 e. The Kier molecular flexibility index (Phi) is 26.7. The molecule has 2 aliphatic heterocycles. The van der Waals surface area contributed by atoms with Gasteiger partial charge < -0.3 is 63.7 Å². The molecule has 1 aromatic carbocycles. The van der Waals surface area contributed by atoms with E-state index in [2.05, 4.69) is 35.5 Å². The van der Waals surface area contributed by atoms with Gasteiger partial charge in [-0.1, -0.05) is 13.8 Å². The third-order valence-corrected chi connectivity index (χ3v) is 12.6. The molecule has 21 nitrogen and oxygen atoms in total. The number of rotatable bonds is 36. The fourth-order valence-electron chi connectivity index (χ4n) is 8.50. The summed E-state index contributed by atoms with van der Waals surface area (Å²) in [6.45, 7) is 13.3. The molecule has 2 aliphatic rings. The molecule has 0 atom stereocenters. The number of hydrogen-bond acceptors (Lipinski definition) is 16. The lowest BCUT2D eigenvalue weighted by Gasteiger charge is -2.14. The predicted octanol–water partition coefficient (Wildman–Crippen LogP) is 7.10. The first-order chi connectivity index (χ1) is 37.4. The van der Waals surface area contributed by atoms with Crippen LogP contribution in [0.25, 0.3) is 44.4 Å². The maximum Gasteiger partial charge on any atom is 0.303 e. The Bertz CT molecular complexity index is 2720. The van der Waals surface area contributed by atoms with E-state index in [9.17, 15) is 19.2 Å². The SMILES string of the molecule is CCC1=C(CC)c2cc3[nH]c(cnc4cc(OCCOCCOCCOC)c(OCCOCCOCCOC)cc4ncc4nc(cc1n2)C(CCCNC(=O)CCC(=O)O)=C4C)c(C)c3CCCNC(=O)CCC(=O)O. The Hall–Kier alpha value is -6.62. The molecule has 5 N–H and O–H groups in total. The fraction of sp³-hybridized carbons (Fsp3) is 0.536. The third kappa shape index (κ3) is 20.0. The molecule has 420 valence electrons. The molecular weight excluding hydrogens is 995 g/mol. The van der Waals surface area contributed by atoms with Gasteiger partial charge in [0.1, 0.15) is 13.2 Å². The molecule has 0 saturated heterocycles. The molecule has 0 aliphatic carbocycles. The van der Waals surface area contributed by atoms with Crippen molar-refractivity contribution in [1.82, 2.24) is 35.6 Å². The number of nitrogens with zero attached hydrogens (tertiary/aromatic N) is 4. The van der Waals surface area contributed by atoms with E-state index in [4.69, 9.17) is 68.0 Å². The van der Waals surface area contributed by atoms with E-state index < -0.39 is 11.9 Å². The summed E-state index contributed by atoms with van der Waals surface area (Å²) in [6, 6.07) is 7.65. The summed E-state index contributed by atoms with van der Waals surface area (Å²) in [7, 11) is 3.24. The number of ether oxygens (including phenoxy) is 8. The Labute approximate surface area is 450 Å². The summed E-state index contributed by atoms with van der Waals surface area (Å²) in [6.07, 6.45) is 6.52. The monoisotopic (exact) mass is 1070 g/mol. The van der Waals surface area contributed by atoms with Crippen molar-refractivity contribution in [2.24, 2.45) is 0 Å². The zero-order valence-corrected chi connectivity index (χ0v) is 45.5. The topological polar surface area (TPSA) is 274 Å². The second-order valence-corrected chi connectivity index (χ2v) is 18.0. The molecule has 77 heavy (non-hydrogen) atoms. The van der Waals surface area contributed by atoms with Crippen molar-refractivity contribution in [2.45, 2.75) is 91.9 Å². The number of fused-ring (bicyclic) bond motifs is 7. The van der Waals surface area contributed by atoms with E-state index in [1.165, 1.54) is 0 Å². The average Bonchev–Trinajstić information content (AvgIpc) is 4.02. The second-order valence-electron chi connectivity index (χ2n) is 18.0. The molecule has 0 spiro atoms. The van der Waals surface area contributed by atoms with Gasteiger partial charge in [0.05, 0.1) is 131 Å². The van der Waals surface area contributed by atoms with Crippen LogP contribution in [0.5, 0.6) is 11.5 Å². The van der Waals surface area contributed by atoms with Crippen LogP contribution < -0.4 is 20.1 Å². The van der Waals surface area contributed by atoms with Crippen LogP contribution in [-0.4, -0.2) is 165 Å². The highest BCUT2D eigenvalue weighted by Crippen LogP contribution is 2.38. The minimum absolute atomic E-state index is 0.0954. The summed E-state index contributed by atoms with van der Waals surface area (Å²) < 4.78 is 45.5. The number of allylic oxidation sites excluding steroid dienone is 4. The molecule has 2 amide bonds. The molecular formula is C56H77N7O14. The predicted molar refractivity (Wildman–Crippen MR) is 291 cm³/mol. The van der Waals surface area contributed by atoms with E-state index in [1.54, 1.807) is 38.7 Å². The number of aliphatic carboxylic acids is 2. The number of H-pyrrole nitrogens is 1. The molecule has 3 aromatic rings. The van der Waals surface area contributed by atoms with Crippen LogP contribution in [0.3, 0.4) is 0 Å². The van der Waals surface area contributed by atoms with Crippen molar-refractivity contribution in [1.29, 1.82) is 0 Å². The van der Waals surface area contributed by atoms with Crippen LogP contribution in [0.15, 0.2) is 36.7 Å². The molecule has 0 radical (unpaired) electrons. The molecule has 2 aromatic heterocycles. The number of aromatic amines is 1. The Balaban J connectivity index is 1.65. The van der Waals surface area contributed by atoms with Gasteiger partial charge in [-0.3, -0.25) is 29.1 Å². The van der Waals surface area contributed by atoms with Crippen molar-refractivity contribution < 1.29 is 67.3 Å². The highest BCUT2D eigenvalue weighted by molar-refractivity contribution is 5.95. The number of carboxylic acids is 2. The number of aryl methyl sites for hydroxylation is 2. The molecule has 0 fully saturated rings. The summed E-state index contributed by atoms with van der Waals surface area (Å²) in [5.41, 5.74) is 11.5. The van der Waals surface area contributed by atoms with E-state index in [-0.39, 0.29) is 63.9 Å². The zero-order valence-electron chi connectivity index (χ0n) is 45.5. The van der Waals surface area contributed by atoms with E-state index >= 15 is 0 Å². The first-order valence-electron chi connectivity index (χ1n) is 26.4. The van der Waals surface area contributed by atoms with Gasteiger partial charge in [-0.2, -0.15) is 0 Å². The first-order valence-corrected chi connectivity index (χ1v) is 26.4. The van der Waals surface area contributed by atoms with Gasteiger partial charge in [0.15, 0.2) is 11.5 Å². The van der Waals surface area contributed by atoms with Crippen molar-refractivity contribution in [3.63, 3.8) is 0 Å². The lowest BCUT2D eigenvalue weighted by molar-refractivity contribution is -0.139. The highest BCUT2D eigenvalue weighted by Gasteiger charge is 2.22. The summed E-state index contributed by atoms with van der Waals surface area (Å²) in [5, 5.41) is 23.9. The van der Waals surface area contributed by atoms with Crippen molar-refractivity contribution in [2.75, 3.05) is 107 Å². The van der Waals surface area contributed by atoms with Gasteiger partial charge in [0.25, 0.3) is 0 Å². The highest BCUT2D eigenvalue weighted by atomic mass is 16.6. The van der Waals surface area contributed by atoms with E-state index in [0.717, 1.165) is 74.4 Å². The van der Waals surface area contributed by atoms with Gasteiger partial charge in [0, 0.05) is 57.8 Å². The van der Waals surface area contributed by atoms with Gasteiger partial charge in [0.2, 0.25) is 11.8 Å². The van der Waals surface area contributed by atoms with Crippen molar-refractivity contribution in [3.8, 4) is 11.5 Å². The number of carbonyl (C=O) groups excluding carboxylic acids is 2. The standard InChI is InChI=1S/C56H77N7O14/c1-7-39-40(8-2)44-32-46-42(12-10-18-58-54(65)14-16-56(68)69)38(4)50(63-46)36-60-48-34-52(77-30-28-75-26-24-73-22-20-71-6)51(76-29-27-74-25-23-72-21-19-70-5)33-47(48)59-35-49-37(3)41(45(62-49)31-43(39)61-44)11-9-17-57-53(64)13-15-55(66)67/h31-36,62H,7-30H2,1-6H3,(H,57,64)(H,58,65)(H,66,67)(H,68,69). The quantitative estimate of drug-likeness (QED) is 0.0363. The lowest BCUT2D eigenvalue weighted by atomic mass is 9.98. The van der Waals surface area contributed by atoms with Crippen LogP contribution in [-0.2, 0) is 54.0 Å². The normalized spacial score (nSPS) is 12.2. The van der Waals surface area contributed by atoms with E-state index in [0.29, 0.717) is 120 Å². The number of benzene rings is 1. The number of nitrogens with one attached hydrogen (secondary N) is 3. The minimum atomic E-state index is -1.03. The lowest BCUT2D eigenvalue weighted by Crippen LogP contribution is -2.25. The molecule has 4 heterocycles. The molecule has 0 unspecified atom stereocenters. The summed E-state index contributed by atoms with van der Waals surface area (Å²) >= 11 is 0. The number of carbonyl (C=O) groups is 4. The average molecular weight is 1070 g/mol. The minimum Gasteiger partial charge on any atom is -0.487 e. The second kappa shape index (κ2) is 33.5. The number of hydrogen-bond donors (Lipinski definition) is 5. The Morgan fingerprint density at radius 3 is 1.49 bits per heavy atom. The van der Waals surface area contributed by atoms with Gasteiger partial charge >= 0.3 is 11.9 Å². The summed E-state index contributed by atoms with van der Waals surface area (Å²) in [4.78, 5) is 71.2. The van der Waals surface area contributed by atoms with Crippen LogP contribution in [0.1, 0.15) is 112 Å². The number of methoxy groups -OCH3 is 2. The maximum atomic E-state index is 12.4. The largest absolute Gasteiger partial charge is 0.487 e. The molecule has 0 saturated carbocycles. The Morgan fingerprint density at radius 1 is 0.532 bits per heavy atom. The first kappa shape index (κ1) is 61.2. The number of aromatic nitrogens is 5. The van der Waals surface area contributed by atoms with Gasteiger partial charge in [-0.25, -0.2) is 9.97 Å². The van der Waals surface area contributed by atoms with Gasteiger partial charge in [-0.15, -0.1) is 0 Å². The zero-order chi connectivity index (χ0) is 55.4. The fourth-order valence-corrected chi connectivity index (χ4v) is 8.50. The molecule has 21 heteroatoms. The van der Waals surface area contributed by atoms with Gasteiger partial charge in [-0.05, 0) is 97.9 Å².